The Bertz CT molecular complexity index is 1110. The van der Waals surface area contributed by atoms with Crippen LogP contribution in [0.25, 0.3) is 10.2 Å². The Kier molecular flexibility index (Phi) is 7.28. The Balaban J connectivity index is 1.38. The molecule has 2 N–H and O–H groups in total. The molecule has 1 saturated heterocycles. The lowest BCUT2D eigenvalue weighted by Crippen LogP contribution is -2.25. The highest BCUT2D eigenvalue weighted by atomic mass is 32.1. The van der Waals surface area contributed by atoms with Crippen LogP contribution in [0.5, 0.6) is 0 Å². The highest BCUT2D eigenvalue weighted by Gasteiger charge is 2.21. The minimum atomic E-state index is -0.426. The van der Waals surface area contributed by atoms with E-state index in [-0.39, 0.29) is 12.0 Å². The van der Waals surface area contributed by atoms with Gasteiger partial charge < -0.3 is 20.1 Å². The summed E-state index contributed by atoms with van der Waals surface area (Å²) >= 11 is 2.73. The van der Waals surface area contributed by atoms with Crippen LogP contribution < -0.4 is 10.6 Å². The van der Waals surface area contributed by atoms with Gasteiger partial charge in [0.25, 0.3) is 5.91 Å². The van der Waals surface area contributed by atoms with Crippen LogP contribution in [0, 0.1) is 6.92 Å². The van der Waals surface area contributed by atoms with Crippen molar-refractivity contribution < 1.29 is 19.1 Å². The first-order valence-electron chi connectivity index (χ1n) is 10.6. The second-order valence-corrected chi connectivity index (χ2v) is 9.27. The van der Waals surface area contributed by atoms with Crippen molar-refractivity contribution in [3.8, 4) is 0 Å². The lowest BCUT2D eigenvalue weighted by Gasteiger charge is -2.12. The van der Waals surface area contributed by atoms with Crippen molar-refractivity contribution in [2.45, 2.75) is 39.2 Å². The number of thiazole rings is 1. The number of esters is 1. The van der Waals surface area contributed by atoms with Crippen LogP contribution in [0.1, 0.15) is 50.5 Å². The number of carbonyl (C=O) groups is 2. The second-order valence-electron chi connectivity index (χ2n) is 7.33. The zero-order valence-electron chi connectivity index (χ0n) is 18.0. The Hall–Kier alpha value is -2.63. The molecule has 9 nitrogen and oxygen atoms in total. The second kappa shape index (κ2) is 10.3. The lowest BCUT2D eigenvalue weighted by molar-refractivity contribution is 0.0520. The molecule has 1 aliphatic heterocycles. The van der Waals surface area contributed by atoms with Gasteiger partial charge in [-0.1, -0.05) is 0 Å². The topological polar surface area (TPSA) is 115 Å². The molecule has 3 aromatic rings. The van der Waals surface area contributed by atoms with E-state index in [1.807, 2.05) is 6.92 Å². The number of carbonyl (C=O) groups excluding carboxylic acids is 2. The van der Waals surface area contributed by atoms with E-state index in [2.05, 4.69) is 25.6 Å². The number of hydrogen-bond acceptors (Lipinski definition) is 10. The highest BCUT2D eigenvalue weighted by molar-refractivity contribution is 7.20. The minimum absolute atomic E-state index is 0.155. The van der Waals surface area contributed by atoms with Crippen molar-refractivity contribution in [2.75, 3.05) is 31.6 Å². The van der Waals surface area contributed by atoms with Crippen molar-refractivity contribution in [2.24, 2.45) is 0 Å². The van der Waals surface area contributed by atoms with Gasteiger partial charge in [0, 0.05) is 31.5 Å². The predicted molar refractivity (Wildman–Crippen MR) is 124 cm³/mol. The number of anilines is 1. The zero-order chi connectivity index (χ0) is 22.5. The van der Waals surface area contributed by atoms with E-state index in [0.717, 1.165) is 46.1 Å². The van der Waals surface area contributed by atoms with Gasteiger partial charge in [0.05, 0.1) is 28.0 Å². The van der Waals surface area contributed by atoms with Gasteiger partial charge in [0.15, 0.2) is 5.69 Å². The van der Waals surface area contributed by atoms with Crippen molar-refractivity contribution >= 4 is 50.6 Å². The molecule has 1 aliphatic rings. The molecule has 11 heteroatoms. The number of hydrogen-bond donors (Lipinski definition) is 2. The Morgan fingerprint density at radius 2 is 2.22 bits per heavy atom. The Labute approximate surface area is 193 Å². The summed E-state index contributed by atoms with van der Waals surface area (Å²) in [6.45, 7) is 5.89. The number of nitrogens with one attached hydrogen (secondary N) is 2. The van der Waals surface area contributed by atoms with Gasteiger partial charge in [0.2, 0.25) is 0 Å². The third kappa shape index (κ3) is 5.05. The number of aryl methyl sites for hydroxylation is 1. The summed E-state index contributed by atoms with van der Waals surface area (Å²) in [5, 5.41) is 9.63. The molecular weight excluding hydrogens is 450 g/mol. The smallest absolute Gasteiger partial charge is 0.357 e. The van der Waals surface area contributed by atoms with Crippen molar-refractivity contribution in [1.29, 1.82) is 0 Å². The molecule has 0 aromatic carbocycles. The van der Waals surface area contributed by atoms with Crippen LogP contribution in [0.3, 0.4) is 0 Å². The Morgan fingerprint density at radius 1 is 1.34 bits per heavy atom. The molecule has 0 bridgehead atoms. The van der Waals surface area contributed by atoms with E-state index in [1.165, 1.54) is 29.0 Å². The molecule has 0 radical (unpaired) electrons. The number of rotatable bonds is 9. The number of ether oxygens (including phenoxy) is 2. The maximum atomic E-state index is 12.8. The van der Waals surface area contributed by atoms with E-state index in [1.54, 1.807) is 12.3 Å². The fraction of sp³-hybridized carbons (Fsp3) is 0.476. The van der Waals surface area contributed by atoms with Gasteiger partial charge in [-0.05, 0) is 32.3 Å². The monoisotopic (exact) mass is 475 g/mol. The molecular formula is C21H25N5O4S2. The molecule has 0 saturated carbocycles. The number of fused-ring (bicyclic) bond motifs is 1. The Morgan fingerprint density at radius 3 is 3.00 bits per heavy atom. The molecule has 170 valence electrons. The van der Waals surface area contributed by atoms with Gasteiger partial charge >= 0.3 is 5.97 Å². The van der Waals surface area contributed by atoms with Gasteiger partial charge in [-0.2, -0.15) is 0 Å². The molecule has 1 unspecified atom stereocenters. The first kappa shape index (κ1) is 22.6. The van der Waals surface area contributed by atoms with Gasteiger partial charge in [-0.3, -0.25) is 4.79 Å². The van der Waals surface area contributed by atoms with Crippen LogP contribution in [-0.4, -0.2) is 59.2 Å². The fourth-order valence-electron chi connectivity index (χ4n) is 3.53. The van der Waals surface area contributed by atoms with E-state index in [0.29, 0.717) is 36.7 Å². The molecule has 1 fully saturated rings. The van der Waals surface area contributed by atoms with Crippen molar-refractivity contribution in [3.63, 3.8) is 0 Å². The summed E-state index contributed by atoms with van der Waals surface area (Å²) in [5.41, 5.74) is 1.16. The lowest BCUT2D eigenvalue weighted by atomic mass is 10.2. The van der Waals surface area contributed by atoms with Crippen molar-refractivity contribution in [3.05, 3.63) is 32.8 Å². The van der Waals surface area contributed by atoms with Gasteiger partial charge in [-0.15, -0.1) is 22.7 Å². The standard InChI is InChI=1S/C21H25N5O4S2/c1-3-29-21(28)14-10-31-15(26-14)6-7-22-19(27)17-12(2)16-18(24-11-25-20(16)32-17)23-9-13-5-4-8-30-13/h10-11,13H,3-9H2,1-2H3,(H,22,27)(H,23,24,25). The average Bonchev–Trinajstić information content (AvgIpc) is 3.53. The summed E-state index contributed by atoms with van der Waals surface area (Å²) < 4.78 is 10.6. The van der Waals surface area contributed by atoms with Gasteiger partial charge in [-0.25, -0.2) is 19.7 Å². The first-order valence-corrected chi connectivity index (χ1v) is 12.3. The average molecular weight is 476 g/mol. The molecule has 0 spiro atoms. The van der Waals surface area contributed by atoms with E-state index < -0.39 is 5.97 Å². The molecule has 1 amide bonds. The van der Waals surface area contributed by atoms with Crippen LogP contribution in [-0.2, 0) is 15.9 Å². The SMILES string of the molecule is CCOC(=O)c1csc(CCNC(=O)c2sc3ncnc(NCC4CCCO4)c3c2C)n1. The summed E-state index contributed by atoms with van der Waals surface area (Å²) in [6, 6.07) is 0. The predicted octanol–water partition coefficient (Wildman–Crippen LogP) is 3.20. The van der Waals surface area contributed by atoms with E-state index >= 15 is 0 Å². The fourth-order valence-corrected chi connectivity index (χ4v) is 5.36. The van der Waals surface area contributed by atoms with Crippen LogP contribution in [0.4, 0.5) is 5.82 Å². The van der Waals surface area contributed by atoms with Gasteiger partial charge in [0.1, 0.15) is 17.0 Å². The summed E-state index contributed by atoms with van der Waals surface area (Å²) in [7, 11) is 0. The maximum Gasteiger partial charge on any atom is 0.357 e. The molecule has 32 heavy (non-hydrogen) atoms. The summed E-state index contributed by atoms with van der Waals surface area (Å²) in [4.78, 5) is 39.0. The number of nitrogens with zero attached hydrogens (tertiary/aromatic N) is 3. The third-order valence-electron chi connectivity index (χ3n) is 5.11. The largest absolute Gasteiger partial charge is 0.461 e. The molecule has 4 heterocycles. The minimum Gasteiger partial charge on any atom is -0.461 e. The first-order chi connectivity index (χ1) is 15.6. The molecule has 1 atom stereocenters. The quantitative estimate of drug-likeness (QED) is 0.454. The zero-order valence-corrected chi connectivity index (χ0v) is 19.6. The van der Waals surface area contributed by atoms with E-state index in [9.17, 15) is 9.59 Å². The number of thiophene rings is 1. The summed E-state index contributed by atoms with van der Waals surface area (Å²) in [5.74, 6) is 0.148. The molecule has 4 rings (SSSR count). The third-order valence-corrected chi connectivity index (χ3v) is 7.22. The van der Waals surface area contributed by atoms with Crippen molar-refractivity contribution in [1.82, 2.24) is 20.3 Å². The normalized spacial score (nSPS) is 15.8. The highest BCUT2D eigenvalue weighted by Crippen LogP contribution is 2.33. The van der Waals surface area contributed by atoms with E-state index in [4.69, 9.17) is 9.47 Å². The number of aromatic nitrogens is 3. The summed E-state index contributed by atoms with van der Waals surface area (Å²) in [6.07, 6.45) is 4.36. The molecule has 0 aliphatic carbocycles. The number of amides is 1. The molecule has 3 aromatic heterocycles. The van der Waals surface area contributed by atoms with Crippen LogP contribution in [0.2, 0.25) is 0 Å². The maximum absolute atomic E-state index is 12.8. The van der Waals surface area contributed by atoms with Crippen LogP contribution >= 0.6 is 22.7 Å². The van der Waals surface area contributed by atoms with Crippen LogP contribution in [0.15, 0.2) is 11.7 Å².